The largest absolute Gasteiger partial charge is 0.457 e. The van der Waals surface area contributed by atoms with Gasteiger partial charge in [0.05, 0.1) is 21.3 Å². The molecule has 1 heterocycles. The third-order valence-corrected chi connectivity index (χ3v) is 5.79. The van der Waals surface area contributed by atoms with Gasteiger partial charge in [0.25, 0.3) is 0 Å². The zero-order chi connectivity index (χ0) is 19.6. The predicted octanol–water partition coefficient (Wildman–Crippen LogP) is 3.89. The van der Waals surface area contributed by atoms with E-state index in [9.17, 15) is 13.8 Å². The Kier molecular flexibility index (Phi) is 5.56. The Labute approximate surface area is 159 Å². The first kappa shape index (κ1) is 19.0. The summed E-state index contributed by atoms with van der Waals surface area (Å²) < 4.78 is 22.8. The van der Waals surface area contributed by atoms with Crippen molar-refractivity contribution in [3.63, 3.8) is 0 Å². The van der Waals surface area contributed by atoms with Crippen LogP contribution in [0.2, 0.25) is 0 Å². The average molecular weight is 384 g/mol. The Hall–Kier alpha value is -2.73. The smallest absolute Gasteiger partial charge is 0.339 e. The fraction of sp³-hybridized carbons (Fsp3) is 0.238. The molecule has 1 unspecified atom stereocenters. The molecule has 27 heavy (non-hydrogen) atoms. The number of hydrogen-bond acceptors (Lipinski definition) is 5. The van der Waals surface area contributed by atoms with E-state index in [0.717, 1.165) is 16.5 Å². The van der Waals surface area contributed by atoms with E-state index < -0.39 is 22.4 Å². The van der Waals surface area contributed by atoms with Crippen LogP contribution in [0.5, 0.6) is 0 Å². The maximum Gasteiger partial charge on any atom is 0.339 e. The van der Waals surface area contributed by atoms with Crippen molar-refractivity contribution in [1.82, 2.24) is 0 Å². The summed E-state index contributed by atoms with van der Waals surface area (Å²) in [5.74, 6) is -0.162. The highest BCUT2D eigenvalue weighted by Gasteiger charge is 2.17. The molecule has 0 saturated carbocycles. The number of aryl methyl sites for hydroxylation is 2. The van der Waals surface area contributed by atoms with Crippen molar-refractivity contribution >= 4 is 27.7 Å². The molecule has 6 heteroatoms. The summed E-state index contributed by atoms with van der Waals surface area (Å²) in [6.45, 7) is 5.62. The zero-order valence-electron chi connectivity index (χ0n) is 15.4. The van der Waals surface area contributed by atoms with Crippen molar-refractivity contribution < 1.29 is 18.2 Å². The second-order valence-electron chi connectivity index (χ2n) is 6.23. The average Bonchev–Trinajstić information content (AvgIpc) is 2.66. The lowest BCUT2D eigenvalue weighted by Crippen LogP contribution is -2.11. The van der Waals surface area contributed by atoms with E-state index in [4.69, 9.17) is 9.15 Å². The third-order valence-electron chi connectivity index (χ3n) is 4.42. The molecule has 0 aliphatic carbocycles. The van der Waals surface area contributed by atoms with Crippen LogP contribution in [0.4, 0.5) is 0 Å². The van der Waals surface area contributed by atoms with Gasteiger partial charge in [0.15, 0.2) is 0 Å². The molecule has 0 amide bonds. The summed E-state index contributed by atoms with van der Waals surface area (Å²) in [5, 5.41) is 0.732. The number of hydrogen-bond donors (Lipinski definition) is 0. The molecule has 0 saturated heterocycles. The fourth-order valence-electron chi connectivity index (χ4n) is 2.81. The van der Waals surface area contributed by atoms with Gasteiger partial charge < -0.3 is 9.15 Å². The highest BCUT2D eigenvalue weighted by molar-refractivity contribution is 7.85. The Balaban J connectivity index is 1.92. The molecule has 3 rings (SSSR count). The van der Waals surface area contributed by atoms with Gasteiger partial charge in [0.2, 0.25) is 0 Å². The summed E-state index contributed by atoms with van der Waals surface area (Å²) in [4.78, 5) is 24.8. The quantitative estimate of drug-likeness (QED) is 0.493. The van der Waals surface area contributed by atoms with Gasteiger partial charge in [-0.25, -0.2) is 9.59 Å². The van der Waals surface area contributed by atoms with Crippen LogP contribution in [-0.2, 0) is 22.1 Å². The standard InChI is InChI=1S/C21H20O5S/c1-4-27(24)19-8-6-5-7-16(19)21(23)25-12-15-11-20(22)26-18-10-14(3)13(2)9-17(15)18/h5-11H,4,12H2,1-3H3. The van der Waals surface area contributed by atoms with Crippen molar-refractivity contribution in [2.75, 3.05) is 5.75 Å². The Morgan fingerprint density at radius 3 is 2.56 bits per heavy atom. The first-order valence-corrected chi connectivity index (χ1v) is 9.91. The highest BCUT2D eigenvalue weighted by atomic mass is 32.2. The number of carbonyl (C=O) groups excluding carboxylic acids is 1. The van der Waals surface area contributed by atoms with Gasteiger partial charge in [0, 0.05) is 22.8 Å². The fourth-order valence-corrected chi connectivity index (χ4v) is 3.75. The van der Waals surface area contributed by atoms with Crippen LogP contribution < -0.4 is 5.63 Å². The molecule has 0 aliphatic heterocycles. The summed E-state index contributed by atoms with van der Waals surface area (Å²) in [6, 6.07) is 11.7. The molecule has 0 fully saturated rings. The minimum Gasteiger partial charge on any atom is -0.457 e. The SMILES string of the molecule is CCS(=O)c1ccccc1C(=O)OCc1cc(=O)oc2cc(C)c(C)cc12. The molecule has 3 aromatic rings. The zero-order valence-corrected chi connectivity index (χ0v) is 16.2. The van der Waals surface area contributed by atoms with Gasteiger partial charge in [-0.2, -0.15) is 0 Å². The van der Waals surface area contributed by atoms with Crippen molar-refractivity contribution in [2.24, 2.45) is 0 Å². The monoisotopic (exact) mass is 384 g/mol. The van der Waals surface area contributed by atoms with E-state index in [2.05, 4.69) is 0 Å². The lowest BCUT2D eigenvalue weighted by molar-refractivity contribution is 0.0469. The van der Waals surface area contributed by atoms with Crippen molar-refractivity contribution in [1.29, 1.82) is 0 Å². The molecular formula is C21H20O5S. The predicted molar refractivity (Wildman–Crippen MR) is 104 cm³/mol. The molecular weight excluding hydrogens is 364 g/mol. The molecule has 140 valence electrons. The maximum atomic E-state index is 12.5. The lowest BCUT2D eigenvalue weighted by Gasteiger charge is -2.11. The molecule has 0 bridgehead atoms. The number of benzene rings is 2. The number of fused-ring (bicyclic) bond motifs is 1. The second-order valence-corrected chi connectivity index (χ2v) is 7.94. The first-order valence-electron chi connectivity index (χ1n) is 8.59. The van der Waals surface area contributed by atoms with Gasteiger partial charge in [0.1, 0.15) is 12.2 Å². The molecule has 0 spiro atoms. The molecule has 0 aliphatic rings. The minimum atomic E-state index is -1.27. The Bertz CT molecular complexity index is 1100. The van der Waals surface area contributed by atoms with Gasteiger partial charge in [-0.15, -0.1) is 0 Å². The molecule has 0 radical (unpaired) electrons. The summed E-state index contributed by atoms with van der Waals surface area (Å²) in [5.41, 5.74) is 2.88. The van der Waals surface area contributed by atoms with E-state index in [1.54, 1.807) is 37.3 Å². The third kappa shape index (κ3) is 4.01. The van der Waals surface area contributed by atoms with Crippen LogP contribution in [0.15, 0.2) is 56.6 Å². The van der Waals surface area contributed by atoms with Gasteiger partial charge >= 0.3 is 11.6 Å². The number of carbonyl (C=O) groups is 1. The van der Waals surface area contributed by atoms with E-state index >= 15 is 0 Å². The van der Waals surface area contributed by atoms with E-state index in [-0.39, 0.29) is 12.2 Å². The summed E-state index contributed by atoms with van der Waals surface area (Å²) in [7, 11) is -1.27. The van der Waals surface area contributed by atoms with Crippen LogP contribution in [0.1, 0.15) is 34.0 Å². The highest BCUT2D eigenvalue weighted by Crippen LogP contribution is 2.23. The van der Waals surface area contributed by atoms with Crippen molar-refractivity contribution in [2.45, 2.75) is 32.3 Å². The Morgan fingerprint density at radius 2 is 1.81 bits per heavy atom. The molecule has 1 atom stereocenters. The van der Waals surface area contributed by atoms with E-state index in [1.807, 2.05) is 19.9 Å². The van der Waals surface area contributed by atoms with Crippen LogP contribution in [0.25, 0.3) is 11.0 Å². The van der Waals surface area contributed by atoms with E-state index in [0.29, 0.717) is 21.8 Å². The number of esters is 1. The normalized spacial score (nSPS) is 12.1. The van der Waals surface area contributed by atoms with Gasteiger partial charge in [-0.1, -0.05) is 19.1 Å². The number of ether oxygens (including phenoxy) is 1. The van der Waals surface area contributed by atoms with Crippen LogP contribution >= 0.6 is 0 Å². The lowest BCUT2D eigenvalue weighted by atomic mass is 10.0. The van der Waals surface area contributed by atoms with E-state index in [1.165, 1.54) is 6.07 Å². The summed E-state index contributed by atoms with van der Waals surface area (Å²) in [6.07, 6.45) is 0. The molecule has 5 nitrogen and oxygen atoms in total. The van der Waals surface area contributed by atoms with Crippen molar-refractivity contribution in [3.05, 3.63) is 75.1 Å². The number of rotatable bonds is 5. The molecule has 1 aromatic heterocycles. The maximum absolute atomic E-state index is 12.5. The molecule has 2 aromatic carbocycles. The van der Waals surface area contributed by atoms with Crippen molar-refractivity contribution in [3.8, 4) is 0 Å². The van der Waals surface area contributed by atoms with Crippen LogP contribution in [-0.4, -0.2) is 15.9 Å². The minimum absolute atomic E-state index is 0.0729. The van der Waals surface area contributed by atoms with Crippen LogP contribution in [0, 0.1) is 13.8 Å². The van der Waals surface area contributed by atoms with Crippen LogP contribution in [0.3, 0.4) is 0 Å². The topological polar surface area (TPSA) is 73.6 Å². The van der Waals surface area contributed by atoms with Gasteiger partial charge in [-0.05, 0) is 49.2 Å². The first-order chi connectivity index (χ1) is 12.9. The summed E-state index contributed by atoms with van der Waals surface area (Å²) >= 11 is 0. The second kappa shape index (κ2) is 7.88. The molecule has 0 N–H and O–H groups in total. The Morgan fingerprint density at radius 1 is 1.11 bits per heavy atom. The van der Waals surface area contributed by atoms with Gasteiger partial charge in [-0.3, -0.25) is 4.21 Å².